The number of nitrogens with two attached hydrogens (primary N) is 1. The van der Waals surface area contributed by atoms with Gasteiger partial charge in [0, 0.05) is 12.7 Å². The second-order valence-electron chi connectivity index (χ2n) is 1.96. The van der Waals surface area contributed by atoms with Gasteiger partial charge >= 0.3 is 0 Å². The molecule has 1 aliphatic rings. The van der Waals surface area contributed by atoms with E-state index in [-0.39, 0.29) is 0 Å². The van der Waals surface area contributed by atoms with Crippen molar-refractivity contribution in [2.45, 2.75) is 6.92 Å². The summed E-state index contributed by atoms with van der Waals surface area (Å²) in [4.78, 5) is 3.84. The summed E-state index contributed by atoms with van der Waals surface area (Å²) >= 11 is 0. The third-order valence-electron chi connectivity index (χ3n) is 1.20. The van der Waals surface area contributed by atoms with Crippen molar-refractivity contribution in [2.75, 3.05) is 7.05 Å². The number of hydrogen-bond donors (Lipinski definition) is 2. The van der Waals surface area contributed by atoms with E-state index >= 15 is 0 Å². The molecule has 0 unspecified atom stereocenters. The van der Waals surface area contributed by atoms with Gasteiger partial charge in [-0.2, -0.15) is 0 Å². The second-order valence-corrected chi connectivity index (χ2v) is 1.96. The highest BCUT2D eigenvalue weighted by Gasteiger charge is 2.02. The van der Waals surface area contributed by atoms with Crippen LogP contribution < -0.4 is 11.2 Å². The Labute approximate surface area is 54.0 Å². The number of hydrogen-bond acceptors (Lipinski definition) is 4. The molecular weight excluding hydrogens is 116 g/mol. The smallest absolute Gasteiger partial charge is 0.212 e. The summed E-state index contributed by atoms with van der Waals surface area (Å²) < 4.78 is 0. The summed E-state index contributed by atoms with van der Waals surface area (Å²) in [5.41, 5.74) is 9.21. The van der Waals surface area contributed by atoms with Crippen molar-refractivity contribution in [1.29, 1.82) is 0 Å². The van der Waals surface area contributed by atoms with Crippen molar-refractivity contribution < 1.29 is 0 Å². The van der Waals surface area contributed by atoms with E-state index in [0.717, 1.165) is 5.70 Å². The van der Waals surface area contributed by atoms with Crippen LogP contribution in [-0.2, 0) is 0 Å². The van der Waals surface area contributed by atoms with Crippen LogP contribution in [0.2, 0.25) is 0 Å². The average Bonchev–Trinajstić information content (AvgIpc) is 1.80. The van der Waals surface area contributed by atoms with E-state index in [9.17, 15) is 0 Å². The van der Waals surface area contributed by atoms with Crippen molar-refractivity contribution in [3.63, 3.8) is 0 Å². The molecule has 0 radical (unpaired) electrons. The van der Waals surface area contributed by atoms with E-state index < -0.39 is 0 Å². The molecule has 3 N–H and O–H groups in total. The van der Waals surface area contributed by atoms with Gasteiger partial charge in [0.2, 0.25) is 5.96 Å². The van der Waals surface area contributed by atoms with Gasteiger partial charge in [-0.15, -0.1) is 0 Å². The number of nitrogens with one attached hydrogen (secondary N) is 1. The van der Waals surface area contributed by atoms with Gasteiger partial charge in [-0.05, 0) is 6.92 Å². The SMILES string of the molecule is CC1=CN=C(N)NN1C. The molecule has 0 aromatic heterocycles. The third kappa shape index (κ3) is 1.13. The zero-order valence-corrected chi connectivity index (χ0v) is 5.55. The number of hydrazine groups is 1. The third-order valence-corrected chi connectivity index (χ3v) is 1.20. The van der Waals surface area contributed by atoms with Gasteiger partial charge in [0.1, 0.15) is 0 Å². The van der Waals surface area contributed by atoms with Crippen LogP contribution in [0, 0.1) is 0 Å². The zero-order chi connectivity index (χ0) is 6.85. The van der Waals surface area contributed by atoms with Crippen LogP contribution in [0.5, 0.6) is 0 Å². The lowest BCUT2D eigenvalue weighted by atomic mass is 10.5. The van der Waals surface area contributed by atoms with Crippen LogP contribution in [0.3, 0.4) is 0 Å². The molecule has 0 bridgehead atoms. The van der Waals surface area contributed by atoms with Gasteiger partial charge < -0.3 is 5.73 Å². The Morgan fingerprint density at radius 2 is 2.44 bits per heavy atom. The maximum atomic E-state index is 5.34. The topological polar surface area (TPSA) is 53.6 Å². The largest absolute Gasteiger partial charge is 0.368 e. The Bertz CT molecular complexity index is 170. The van der Waals surface area contributed by atoms with Crippen LogP contribution in [0.1, 0.15) is 6.92 Å². The van der Waals surface area contributed by atoms with Crippen LogP contribution in [-0.4, -0.2) is 18.0 Å². The van der Waals surface area contributed by atoms with E-state index in [1.807, 2.05) is 19.0 Å². The highest BCUT2D eigenvalue weighted by atomic mass is 15.5. The van der Waals surface area contributed by atoms with Gasteiger partial charge in [-0.1, -0.05) is 0 Å². The van der Waals surface area contributed by atoms with E-state index in [2.05, 4.69) is 10.4 Å². The molecule has 0 saturated carbocycles. The lowest BCUT2D eigenvalue weighted by Crippen LogP contribution is -2.44. The second kappa shape index (κ2) is 1.97. The predicted octanol–water partition coefficient (Wildman–Crippen LogP) is -0.388. The molecule has 1 rings (SSSR count). The Balaban J connectivity index is 2.74. The minimum Gasteiger partial charge on any atom is -0.368 e. The van der Waals surface area contributed by atoms with Gasteiger partial charge in [-0.3, -0.25) is 10.4 Å². The van der Waals surface area contributed by atoms with Crippen LogP contribution in [0.4, 0.5) is 0 Å². The maximum absolute atomic E-state index is 5.34. The quantitative estimate of drug-likeness (QED) is 0.465. The molecule has 9 heavy (non-hydrogen) atoms. The number of aliphatic imine (C=N–C) groups is 1. The minimum absolute atomic E-state index is 0.433. The van der Waals surface area contributed by atoms with Gasteiger partial charge in [-0.25, -0.2) is 4.99 Å². The average molecular weight is 126 g/mol. The van der Waals surface area contributed by atoms with Crippen LogP contribution in [0.15, 0.2) is 16.9 Å². The normalized spacial score (nSPS) is 18.2. The Hall–Kier alpha value is -1.19. The van der Waals surface area contributed by atoms with Crippen molar-refractivity contribution in [1.82, 2.24) is 10.4 Å². The monoisotopic (exact) mass is 126 g/mol. The molecule has 4 nitrogen and oxygen atoms in total. The summed E-state index contributed by atoms with van der Waals surface area (Å²) in [5, 5.41) is 1.81. The molecule has 1 heterocycles. The van der Waals surface area contributed by atoms with Gasteiger partial charge in [0.15, 0.2) is 0 Å². The van der Waals surface area contributed by atoms with Crippen LogP contribution in [0.25, 0.3) is 0 Å². The van der Waals surface area contributed by atoms with Gasteiger partial charge in [0.25, 0.3) is 0 Å². The standard InChI is InChI=1S/C5H10N4/c1-4-3-7-5(6)8-9(4)2/h3H,1-2H3,(H3,6,7,8). The fraction of sp³-hybridized carbons (Fsp3) is 0.400. The first-order chi connectivity index (χ1) is 4.20. The molecule has 1 aliphatic heterocycles. The van der Waals surface area contributed by atoms with Gasteiger partial charge in [0.05, 0.1) is 6.20 Å². The number of rotatable bonds is 0. The lowest BCUT2D eigenvalue weighted by Gasteiger charge is -2.23. The summed E-state index contributed by atoms with van der Waals surface area (Å²) in [6.07, 6.45) is 1.71. The van der Waals surface area contributed by atoms with E-state index in [4.69, 9.17) is 5.73 Å². The summed E-state index contributed by atoms with van der Waals surface area (Å²) in [7, 11) is 1.88. The molecule has 0 amide bonds. The first-order valence-electron chi connectivity index (χ1n) is 2.70. The molecule has 0 aromatic rings. The minimum atomic E-state index is 0.433. The molecule has 0 aromatic carbocycles. The number of guanidine groups is 1. The van der Waals surface area contributed by atoms with Crippen molar-refractivity contribution >= 4 is 5.96 Å². The van der Waals surface area contributed by atoms with E-state index in [1.54, 1.807) is 6.20 Å². The summed E-state index contributed by atoms with van der Waals surface area (Å²) in [5.74, 6) is 0.433. The number of nitrogens with zero attached hydrogens (tertiary/aromatic N) is 2. The lowest BCUT2D eigenvalue weighted by molar-refractivity contribution is 0.363. The zero-order valence-electron chi connectivity index (χ0n) is 5.55. The first kappa shape index (κ1) is 5.94. The van der Waals surface area contributed by atoms with Crippen molar-refractivity contribution in [3.05, 3.63) is 11.9 Å². The van der Waals surface area contributed by atoms with E-state index in [1.165, 1.54) is 0 Å². The molecule has 50 valence electrons. The summed E-state index contributed by atoms with van der Waals surface area (Å²) in [6, 6.07) is 0. The highest BCUT2D eigenvalue weighted by molar-refractivity contribution is 5.78. The fourth-order valence-corrected chi connectivity index (χ4v) is 0.538. The molecule has 0 spiro atoms. The maximum Gasteiger partial charge on any atom is 0.212 e. The Morgan fingerprint density at radius 3 is 2.89 bits per heavy atom. The predicted molar refractivity (Wildman–Crippen MR) is 36.3 cm³/mol. The Morgan fingerprint density at radius 1 is 1.78 bits per heavy atom. The van der Waals surface area contributed by atoms with Crippen molar-refractivity contribution in [3.8, 4) is 0 Å². The molecule has 0 aliphatic carbocycles. The molecule has 4 heteroatoms. The van der Waals surface area contributed by atoms with Crippen molar-refractivity contribution in [2.24, 2.45) is 10.7 Å². The highest BCUT2D eigenvalue weighted by Crippen LogP contribution is 1.99. The summed E-state index contributed by atoms with van der Waals surface area (Å²) in [6.45, 7) is 1.95. The molecule has 0 atom stereocenters. The number of allylic oxidation sites excluding steroid dienone is 1. The Kier molecular flexibility index (Phi) is 1.30. The molecule has 0 saturated heterocycles. The molecular formula is C5H10N4. The van der Waals surface area contributed by atoms with E-state index in [0.29, 0.717) is 5.96 Å². The van der Waals surface area contributed by atoms with Crippen LogP contribution >= 0.6 is 0 Å². The fourth-order valence-electron chi connectivity index (χ4n) is 0.538. The first-order valence-corrected chi connectivity index (χ1v) is 2.70. The molecule has 0 fully saturated rings.